The Morgan fingerprint density at radius 3 is 2.26 bits per heavy atom. The van der Waals surface area contributed by atoms with Crippen molar-refractivity contribution in [1.29, 1.82) is 0 Å². The van der Waals surface area contributed by atoms with Crippen molar-refractivity contribution < 1.29 is 13.2 Å². The van der Waals surface area contributed by atoms with Gasteiger partial charge >= 0.3 is 0 Å². The lowest BCUT2D eigenvalue weighted by Gasteiger charge is -2.31. The molecule has 0 aromatic heterocycles. The molecule has 1 fully saturated rings. The van der Waals surface area contributed by atoms with Crippen LogP contribution in [0.3, 0.4) is 0 Å². The second-order valence-electron chi connectivity index (χ2n) is 5.44. The summed E-state index contributed by atoms with van der Waals surface area (Å²) in [5.74, 6) is -3.22. The molecule has 1 aromatic rings. The summed E-state index contributed by atoms with van der Waals surface area (Å²) in [4.78, 5) is 2.14. The lowest BCUT2D eigenvalue weighted by atomic mass is 10.0. The van der Waals surface area contributed by atoms with Gasteiger partial charge in [0.15, 0.2) is 17.5 Å². The first-order chi connectivity index (χ1) is 8.93. The van der Waals surface area contributed by atoms with Gasteiger partial charge in [0.25, 0.3) is 0 Å². The van der Waals surface area contributed by atoms with E-state index < -0.39 is 17.5 Å². The zero-order valence-corrected chi connectivity index (χ0v) is 11.2. The molecule has 0 spiro atoms. The van der Waals surface area contributed by atoms with Crippen LogP contribution in [-0.2, 0) is 0 Å². The molecule has 2 N–H and O–H groups in total. The molecule has 1 aromatic carbocycles. The van der Waals surface area contributed by atoms with E-state index in [0.717, 1.165) is 25.1 Å². The number of nitrogens with two attached hydrogens (primary N) is 1. The summed E-state index contributed by atoms with van der Waals surface area (Å²) >= 11 is 0. The van der Waals surface area contributed by atoms with Gasteiger partial charge in [-0.3, -0.25) is 4.90 Å². The molecule has 5 heteroatoms. The van der Waals surface area contributed by atoms with Crippen molar-refractivity contribution in [2.24, 2.45) is 11.7 Å². The van der Waals surface area contributed by atoms with Gasteiger partial charge in [-0.1, -0.05) is 6.92 Å². The molecule has 106 valence electrons. The summed E-state index contributed by atoms with van der Waals surface area (Å²) in [6.45, 7) is 5.30. The minimum Gasteiger partial charge on any atom is -0.329 e. The lowest BCUT2D eigenvalue weighted by Crippen LogP contribution is -2.36. The summed E-state index contributed by atoms with van der Waals surface area (Å²) in [5.41, 5.74) is 6.15. The Morgan fingerprint density at radius 2 is 1.84 bits per heavy atom. The molecule has 19 heavy (non-hydrogen) atoms. The summed E-state index contributed by atoms with van der Waals surface area (Å²) in [6.07, 6.45) is 1.03. The van der Waals surface area contributed by atoms with Crippen molar-refractivity contribution in [3.05, 3.63) is 35.1 Å². The Balaban J connectivity index is 2.32. The monoisotopic (exact) mass is 272 g/mol. The molecule has 0 bridgehead atoms. The maximum atomic E-state index is 13.3. The number of rotatable bonds is 3. The van der Waals surface area contributed by atoms with Crippen LogP contribution in [0.4, 0.5) is 13.2 Å². The molecular formula is C14H19F3N2. The van der Waals surface area contributed by atoms with Crippen LogP contribution in [0.1, 0.15) is 31.9 Å². The van der Waals surface area contributed by atoms with Gasteiger partial charge in [-0.2, -0.15) is 0 Å². The van der Waals surface area contributed by atoms with Gasteiger partial charge < -0.3 is 5.73 Å². The minimum absolute atomic E-state index is 0.252. The van der Waals surface area contributed by atoms with Crippen LogP contribution < -0.4 is 5.73 Å². The maximum absolute atomic E-state index is 13.3. The zero-order valence-electron chi connectivity index (χ0n) is 11.2. The van der Waals surface area contributed by atoms with Gasteiger partial charge in [-0.25, -0.2) is 13.2 Å². The van der Waals surface area contributed by atoms with Gasteiger partial charge in [0, 0.05) is 25.2 Å². The van der Waals surface area contributed by atoms with Crippen molar-refractivity contribution in [3.63, 3.8) is 0 Å². The van der Waals surface area contributed by atoms with E-state index in [4.69, 9.17) is 5.73 Å². The molecule has 1 saturated heterocycles. The van der Waals surface area contributed by atoms with Crippen LogP contribution in [0, 0.1) is 23.4 Å². The minimum atomic E-state index is -1.43. The van der Waals surface area contributed by atoms with Crippen LogP contribution in [-0.4, -0.2) is 24.0 Å². The Bertz CT molecular complexity index is 441. The molecule has 3 unspecified atom stereocenters. The third kappa shape index (κ3) is 2.77. The lowest BCUT2D eigenvalue weighted by molar-refractivity contribution is 0.191. The zero-order chi connectivity index (χ0) is 14.2. The Labute approximate surface area is 111 Å². The van der Waals surface area contributed by atoms with Crippen molar-refractivity contribution in [3.8, 4) is 0 Å². The van der Waals surface area contributed by atoms with Crippen molar-refractivity contribution in [2.45, 2.75) is 32.4 Å². The fourth-order valence-electron chi connectivity index (χ4n) is 3.00. The van der Waals surface area contributed by atoms with E-state index >= 15 is 0 Å². The molecule has 0 saturated carbocycles. The normalized spacial score (nSPS) is 25.8. The van der Waals surface area contributed by atoms with Crippen molar-refractivity contribution >= 4 is 0 Å². The highest BCUT2D eigenvalue weighted by Gasteiger charge is 2.32. The topological polar surface area (TPSA) is 29.3 Å². The fraction of sp³-hybridized carbons (Fsp3) is 0.571. The second-order valence-corrected chi connectivity index (χ2v) is 5.44. The summed E-state index contributed by atoms with van der Waals surface area (Å²) in [5, 5.41) is 0. The molecular weight excluding hydrogens is 253 g/mol. The highest BCUT2D eigenvalue weighted by atomic mass is 19.2. The molecule has 0 aliphatic carbocycles. The van der Waals surface area contributed by atoms with E-state index in [-0.39, 0.29) is 12.6 Å². The smallest absolute Gasteiger partial charge is 0.194 e. The molecule has 2 rings (SSSR count). The molecule has 0 radical (unpaired) electrons. The van der Waals surface area contributed by atoms with Crippen LogP contribution in [0.5, 0.6) is 0 Å². The molecule has 1 aliphatic rings. The van der Waals surface area contributed by atoms with E-state index in [1.165, 1.54) is 0 Å². The average molecular weight is 272 g/mol. The number of benzene rings is 1. The summed E-state index contributed by atoms with van der Waals surface area (Å²) < 4.78 is 39.6. The standard InChI is InChI=1S/C14H19F3N2/c1-8-3-9(2)19(7-8)13(6-18)10-4-11(15)14(17)12(16)5-10/h4-5,8-9,13H,3,6-7,18H2,1-2H3. The van der Waals surface area contributed by atoms with E-state index in [1.54, 1.807) is 0 Å². The van der Waals surface area contributed by atoms with E-state index in [1.807, 2.05) is 0 Å². The summed E-state index contributed by atoms with van der Waals surface area (Å²) in [7, 11) is 0. The van der Waals surface area contributed by atoms with Gasteiger partial charge in [0.2, 0.25) is 0 Å². The number of nitrogens with zero attached hydrogens (tertiary/aromatic N) is 1. The van der Waals surface area contributed by atoms with Crippen LogP contribution >= 0.6 is 0 Å². The predicted octanol–water partition coefficient (Wildman–Crippen LogP) is 2.83. The Morgan fingerprint density at radius 1 is 1.26 bits per heavy atom. The van der Waals surface area contributed by atoms with E-state index in [9.17, 15) is 13.2 Å². The van der Waals surface area contributed by atoms with Crippen LogP contribution in [0.2, 0.25) is 0 Å². The SMILES string of the molecule is CC1CC(C)N(C(CN)c2cc(F)c(F)c(F)c2)C1. The Hall–Kier alpha value is -1.07. The molecule has 1 aliphatic heterocycles. The molecule has 0 amide bonds. The van der Waals surface area contributed by atoms with Crippen molar-refractivity contribution in [1.82, 2.24) is 4.90 Å². The number of likely N-dealkylation sites (tertiary alicyclic amines) is 1. The number of hydrogen-bond acceptors (Lipinski definition) is 2. The highest BCUT2D eigenvalue weighted by Crippen LogP contribution is 2.32. The Kier molecular flexibility index (Phi) is 4.16. The third-order valence-corrected chi connectivity index (χ3v) is 3.85. The maximum Gasteiger partial charge on any atom is 0.194 e. The molecule has 1 heterocycles. The quantitative estimate of drug-likeness (QED) is 0.857. The molecule has 2 nitrogen and oxygen atoms in total. The van der Waals surface area contributed by atoms with Crippen molar-refractivity contribution in [2.75, 3.05) is 13.1 Å². The number of halogens is 3. The van der Waals surface area contributed by atoms with Crippen LogP contribution in [0.15, 0.2) is 12.1 Å². The van der Waals surface area contributed by atoms with E-state index in [2.05, 4.69) is 18.7 Å². The van der Waals surface area contributed by atoms with E-state index in [0.29, 0.717) is 17.5 Å². The van der Waals surface area contributed by atoms with Gasteiger partial charge in [-0.15, -0.1) is 0 Å². The average Bonchev–Trinajstić information content (AvgIpc) is 2.66. The number of hydrogen-bond donors (Lipinski definition) is 1. The first-order valence-electron chi connectivity index (χ1n) is 6.54. The second kappa shape index (κ2) is 5.51. The highest BCUT2D eigenvalue weighted by molar-refractivity contribution is 5.23. The first-order valence-corrected chi connectivity index (χ1v) is 6.54. The van der Waals surface area contributed by atoms with Gasteiger partial charge in [-0.05, 0) is 37.0 Å². The summed E-state index contributed by atoms with van der Waals surface area (Å²) in [6, 6.07) is 2.13. The molecule has 3 atom stereocenters. The fourth-order valence-corrected chi connectivity index (χ4v) is 3.00. The predicted molar refractivity (Wildman–Crippen MR) is 68.1 cm³/mol. The van der Waals surface area contributed by atoms with Gasteiger partial charge in [0.1, 0.15) is 0 Å². The van der Waals surface area contributed by atoms with Crippen LogP contribution in [0.25, 0.3) is 0 Å². The largest absolute Gasteiger partial charge is 0.329 e. The first kappa shape index (κ1) is 14.3. The van der Waals surface area contributed by atoms with Gasteiger partial charge in [0.05, 0.1) is 0 Å². The third-order valence-electron chi connectivity index (χ3n) is 3.85.